The van der Waals surface area contributed by atoms with Crippen molar-refractivity contribution in [1.82, 2.24) is 0 Å². The molecule has 24 heavy (non-hydrogen) atoms. The van der Waals surface area contributed by atoms with Crippen LogP contribution in [0.25, 0.3) is 11.1 Å². The fraction of sp³-hybridized carbons (Fsp3) is 0. The van der Waals surface area contributed by atoms with Crippen LogP contribution in [0.15, 0.2) is 30.3 Å². The lowest BCUT2D eigenvalue weighted by Gasteiger charge is -2.13. The van der Waals surface area contributed by atoms with E-state index in [1.54, 1.807) is 0 Å². The molecule has 2 amide bonds. The molecule has 0 unspecified atom stereocenters. The second-order valence-corrected chi connectivity index (χ2v) is 4.57. The Morgan fingerprint density at radius 2 is 1.42 bits per heavy atom. The summed E-state index contributed by atoms with van der Waals surface area (Å²) in [5.74, 6) is -10.3. The van der Waals surface area contributed by atoms with Crippen LogP contribution in [0.5, 0.6) is 0 Å². The summed E-state index contributed by atoms with van der Waals surface area (Å²) in [6.45, 7) is 0. The Bertz CT molecular complexity index is 825. The lowest BCUT2D eigenvalue weighted by molar-refractivity contribution is -0.115. The summed E-state index contributed by atoms with van der Waals surface area (Å²) >= 11 is 0. The molecule has 2 aromatic carbocycles. The Morgan fingerprint density at radius 1 is 0.917 bits per heavy atom. The smallest absolute Gasteiger partial charge is 0.279 e. The summed E-state index contributed by atoms with van der Waals surface area (Å²) in [5.41, 5.74) is 0.809. The van der Waals surface area contributed by atoms with E-state index in [2.05, 4.69) is 5.73 Å². The molecule has 2 aromatic rings. The average Bonchev–Trinajstić information content (AvgIpc) is 2.57. The van der Waals surface area contributed by atoms with Gasteiger partial charge in [-0.15, -0.1) is 0 Å². The van der Waals surface area contributed by atoms with E-state index in [0.29, 0.717) is 0 Å². The maximum absolute atomic E-state index is 14.1. The zero-order valence-corrected chi connectivity index (χ0v) is 11.8. The lowest BCUT2D eigenvalue weighted by Crippen LogP contribution is -2.34. The van der Waals surface area contributed by atoms with Gasteiger partial charge in [0.2, 0.25) is 0 Å². The third-order valence-electron chi connectivity index (χ3n) is 3.04. The highest BCUT2D eigenvalue weighted by Crippen LogP contribution is 2.34. The number of anilines is 1. The van der Waals surface area contributed by atoms with Gasteiger partial charge in [0, 0.05) is 0 Å². The Morgan fingerprint density at radius 3 is 1.88 bits per heavy atom. The highest BCUT2D eigenvalue weighted by molar-refractivity contribution is 6.65. The first-order chi connectivity index (χ1) is 11.3. The predicted molar refractivity (Wildman–Crippen MR) is 77.3 cm³/mol. The minimum atomic E-state index is -1.88. The van der Waals surface area contributed by atoms with Crippen molar-refractivity contribution >= 4 is 23.2 Å². The molecule has 4 N–H and O–H groups in total. The minimum absolute atomic E-state index is 0.118. The number of rotatable bonds is 4. The number of halogens is 4. The van der Waals surface area contributed by atoms with E-state index < -0.39 is 52.0 Å². The molecule has 0 aliphatic carbocycles. The molecule has 0 spiro atoms. The molecule has 0 saturated carbocycles. The van der Waals surface area contributed by atoms with Crippen molar-refractivity contribution in [3.8, 4) is 11.1 Å². The van der Waals surface area contributed by atoms with Gasteiger partial charge in [-0.3, -0.25) is 15.0 Å². The first-order valence-electron chi connectivity index (χ1n) is 6.36. The highest BCUT2D eigenvalue weighted by Gasteiger charge is 2.28. The number of carbonyl (C=O) groups is 2. The van der Waals surface area contributed by atoms with Crippen LogP contribution in [-0.2, 0) is 9.59 Å². The third-order valence-corrected chi connectivity index (χ3v) is 3.04. The number of carbonyl (C=O) groups excluding carboxylic acids is 2. The molecule has 0 saturated heterocycles. The maximum Gasteiger partial charge on any atom is 0.279 e. The Kier molecular flexibility index (Phi) is 4.63. The molecule has 5 nitrogen and oxygen atoms in total. The Balaban J connectivity index is 2.56. The van der Waals surface area contributed by atoms with Gasteiger partial charge in [-0.25, -0.2) is 17.6 Å². The molecule has 0 radical (unpaired) electrons. The minimum Gasteiger partial charge on any atom is -0.364 e. The normalized spacial score (nSPS) is 10.3. The average molecular weight is 339 g/mol. The van der Waals surface area contributed by atoms with Crippen molar-refractivity contribution in [2.24, 2.45) is 5.73 Å². The number of benzene rings is 2. The van der Waals surface area contributed by atoms with Crippen molar-refractivity contribution in [3.05, 3.63) is 53.6 Å². The van der Waals surface area contributed by atoms with Gasteiger partial charge in [-0.2, -0.15) is 0 Å². The zero-order valence-electron chi connectivity index (χ0n) is 11.8. The van der Waals surface area contributed by atoms with Crippen LogP contribution in [-0.4, -0.2) is 17.5 Å². The number of hydrogen-bond acceptors (Lipinski definition) is 3. The van der Waals surface area contributed by atoms with Crippen molar-refractivity contribution < 1.29 is 27.2 Å². The molecule has 0 bridgehead atoms. The monoisotopic (exact) mass is 339 g/mol. The largest absolute Gasteiger partial charge is 0.364 e. The van der Waals surface area contributed by atoms with Crippen molar-refractivity contribution in [2.45, 2.75) is 0 Å². The molecule has 0 aliphatic rings. The molecule has 2 rings (SSSR count). The fourth-order valence-corrected chi connectivity index (χ4v) is 1.89. The number of hydrogen-bond donors (Lipinski definition) is 3. The lowest BCUT2D eigenvalue weighted by atomic mass is 10.0. The summed E-state index contributed by atoms with van der Waals surface area (Å²) in [7, 11) is 0. The molecule has 0 fully saturated rings. The number of primary amides is 1. The standard InChI is InChI=1S/C15H9F4N3O2/c16-8-7(6-4-2-1-3-5-6)9(17)11(19)13(10(8)18)22-15(24)12(20)14(21)23/h1-5,20H,(H2,21,23)(H,22,24). The quantitative estimate of drug-likeness (QED) is 0.345. The fourth-order valence-electron chi connectivity index (χ4n) is 1.89. The van der Waals surface area contributed by atoms with Gasteiger partial charge < -0.3 is 11.1 Å². The summed E-state index contributed by atoms with van der Waals surface area (Å²) in [6.07, 6.45) is 0. The van der Waals surface area contributed by atoms with Crippen LogP contribution >= 0.6 is 0 Å². The van der Waals surface area contributed by atoms with Gasteiger partial charge in [0.05, 0.1) is 5.56 Å². The highest BCUT2D eigenvalue weighted by atomic mass is 19.2. The van der Waals surface area contributed by atoms with E-state index in [1.165, 1.54) is 35.6 Å². The Labute approximate surface area is 132 Å². The molecule has 9 heteroatoms. The van der Waals surface area contributed by atoms with Crippen molar-refractivity contribution in [1.29, 1.82) is 5.41 Å². The summed E-state index contributed by atoms with van der Waals surface area (Å²) in [4.78, 5) is 22.1. The first kappa shape index (κ1) is 17.1. The first-order valence-corrected chi connectivity index (χ1v) is 6.36. The summed E-state index contributed by atoms with van der Waals surface area (Å²) < 4.78 is 56.3. The van der Waals surface area contributed by atoms with Gasteiger partial charge in [0.15, 0.2) is 29.0 Å². The molecule has 124 valence electrons. The van der Waals surface area contributed by atoms with E-state index in [9.17, 15) is 27.2 Å². The second-order valence-electron chi connectivity index (χ2n) is 4.57. The SMILES string of the molecule is N=C(C(N)=O)C(=O)Nc1c(F)c(F)c(-c2ccccc2)c(F)c1F. The molecular weight excluding hydrogens is 330 g/mol. The van der Waals surface area contributed by atoms with Gasteiger partial charge >= 0.3 is 0 Å². The molecule has 0 aromatic heterocycles. The van der Waals surface area contributed by atoms with Crippen LogP contribution < -0.4 is 11.1 Å². The molecule has 0 heterocycles. The van der Waals surface area contributed by atoms with Crippen LogP contribution in [0.1, 0.15) is 0 Å². The van der Waals surface area contributed by atoms with Gasteiger partial charge in [0.25, 0.3) is 11.8 Å². The van der Waals surface area contributed by atoms with Crippen LogP contribution in [0, 0.1) is 28.7 Å². The number of nitrogens with one attached hydrogen (secondary N) is 2. The van der Waals surface area contributed by atoms with E-state index in [0.717, 1.165) is 0 Å². The van der Waals surface area contributed by atoms with E-state index in [4.69, 9.17) is 5.41 Å². The van der Waals surface area contributed by atoms with Crippen LogP contribution in [0.3, 0.4) is 0 Å². The molecule has 0 atom stereocenters. The topological polar surface area (TPSA) is 96.0 Å². The second kappa shape index (κ2) is 6.49. The zero-order chi connectivity index (χ0) is 18.0. The van der Waals surface area contributed by atoms with Gasteiger partial charge in [-0.1, -0.05) is 30.3 Å². The maximum atomic E-state index is 14.1. The van der Waals surface area contributed by atoms with Gasteiger partial charge in [-0.05, 0) is 5.56 Å². The van der Waals surface area contributed by atoms with Crippen molar-refractivity contribution in [2.75, 3.05) is 5.32 Å². The molecular formula is C15H9F4N3O2. The number of nitrogens with two attached hydrogens (primary N) is 1. The predicted octanol–water partition coefficient (Wildman–Crippen LogP) is 2.35. The summed E-state index contributed by atoms with van der Waals surface area (Å²) in [5, 5.41) is 8.43. The van der Waals surface area contributed by atoms with Crippen LogP contribution in [0.2, 0.25) is 0 Å². The van der Waals surface area contributed by atoms with Gasteiger partial charge in [0.1, 0.15) is 5.69 Å². The van der Waals surface area contributed by atoms with E-state index in [1.807, 2.05) is 0 Å². The van der Waals surface area contributed by atoms with E-state index in [-0.39, 0.29) is 5.56 Å². The molecule has 0 aliphatic heterocycles. The van der Waals surface area contributed by atoms with Crippen LogP contribution in [0.4, 0.5) is 23.2 Å². The number of amides is 2. The Hall–Kier alpha value is -3.23. The van der Waals surface area contributed by atoms with Crippen molar-refractivity contribution in [3.63, 3.8) is 0 Å². The summed E-state index contributed by atoms with van der Waals surface area (Å²) in [6, 6.07) is 6.83. The third kappa shape index (κ3) is 2.96. The van der Waals surface area contributed by atoms with E-state index >= 15 is 0 Å².